The maximum atomic E-state index is 13.1. The summed E-state index contributed by atoms with van der Waals surface area (Å²) < 4.78 is 0. The zero-order valence-corrected chi connectivity index (χ0v) is 14.4. The predicted molar refractivity (Wildman–Crippen MR) is 88.3 cm³/mol. The summed E-state index contributed by atoms with van der Waals surface area (Å²) in [4.78, 5) is 26.5. The van der Waals surface area contributed by atoms with E-state index in [1.807, 2.05) is 26.0 Å². The Hall–Kier alpha value is -1.59. The molecule has 1 aliphatic carbocycles. The molecule has 0 heterocycles. The molecule has 5 nitrogen and oxygen atoms in total. The minimum atomic E-state index is -0.711. The highest BCUT2D eigenvalue weighted by Crippen LogP contribution is 2.45. The number of amides is 2. The lowest BCUT2D eigenvalue weighted by atomic mass is 9.63. The Morgan fingerprint density at radius 2 is 1.83 bits per heavy atom. The molecular formula is C17H23ClN2O3. The number of nitrogens with one attached hydrogen (secondary N) is 1. The molecule has 0 spiro atoms. The third-order valence-electron chi connectivity index (χ3n) is 4.76. The molecule has 0 radical (unpaired) electrons. The van der Waals surface area contributed by atoms with E-state index in [1.165, 1.54) is 4.90 Å². The second-order valence-corrected chi connectivity index (χ2v) is 6.96. The number of likely N-dealkylation sites (N-methyl/N-ethyl adjacent to an activating group) is 1. The molecule has 0 aliphatic heterocycles. The highest BCUT2D eigenvalue weighted by atomic mass is 35.5. The summed E-state index contributed by atoms with van der Waals surface area (Å²) in [6.45, 7) is 3.69. The molecule has 1 aromatic carbocycles. The van der Waals surface area contributed by atoms with E-state index in [1.54, 1.807) is 24.7 Å². The molecule has 126 valence electrons. The van der Waals surface area contributed by atoms with Gasteiger partial charge in [0.05, 0.1) is 5.41 Å². The van der Waals surface area contributed by atoms with Crippen molar-refractivity contribution in [2.45, 2.75) is 44.6 Å². The number of hydrogen-bond donors (Lipinski definition) is 2. The summed E-state index contributed by atoms with van der Waals surface area (Å²) in [6.07, 6.45) is 2.48. The van der Waals surface area contributed by atoms with Gasteiger partial charge in [-0.05, 0) is 36.5 Å². The van der Waals surface area contributed by atoms with Crippen LogP contribution in [-0.4, -0.2) is 35.0 Å². The number of benzene rings is 1. The first kappa shape index (κ1) is 17.8. The van der Waals surface area contributed by atoms with Gasteiger partial charge >= 0.3 is 0 Å². The van der Waals surface area contributed by atoms with Crippen molar-refractivity contribution in [3.8, 4) is 0 Å². The molecule has 2 N–H and O–H groups in total. The Morgan fingerprint density at radius 3 is 2.22 bits per heavy atom. The van der Waals surface area contributed by atoms with Crippen molar-refractivity contribution in [3.05, 3.63) is 34.9 Å². The molecule has 1 fully saturated rings. The summed E-state index contributed by atoms with van der Waals surface area (Å²) in [7, 11) is 1.62. The van der Waals surface area contributed by atoms with Gasteiger partial charge in [-0.3, -0.25) is 14.8 Å². The van der Waals surface area contributed by atoms with Gasteiger partial charge < -0.3 is 4.90 Å². The molecule has 6 heteroatoms. The van der Waals surface area contributed by atoms with Crippen molar-refractivity contribution < 1.29 is 14.8 Å². The van der Waals surface area contributed by atoms with Gasteiger partial charge in [-0.2, -0.15) is 0 Å². The summed E-state index contributed by atoms with van der Waals surface area (Å²) >= 11 is 5.94. The number of carbonyl (C=O) groups excluding carboxylic acids is 2. The second kappa shape index (κ2) is 6.89. The summed E-state index contributed by atoms with van der Waals surface area (Å²) in [6, 6.07) is 6.61. The van der Waals surface area contributed by atoms with Crippen molar-refractivity contribution in [2.75, 3.05) is 7.05 Å². The van der Waals surface area contributed by atoms with Crippen molar-refractivity contribution >= 4 is 23.4 Å². The van der Waals surface area contributed by atoms with Gasteiger partial charge in [-0.25, -0.2) is 5.48 Å². The molecular weight excluding hydrogens is 316 g/mol. The van der Waals surface area contributed by atoms with Crippen LogP contribution in [-0.2, 0) is 15.0 Å². The molecule has 1 saturated carbocycles. The Bertz CT molecular complexity index is 582. The molecule has 1 aliphatic rings. The van der Waals surface area contributed by atoms with Gasteiger partial charge in [0.15, 0.2) is 0 Å². The normalized spacial score (nSPS) is 17.3. The van der Waals surface area contributed by atoms with E-state index in [2.05, 4.69) is 0 Å². The van der Waals surface area contributed by atoms with Crippen LogP contribution in [0.15, 0.2) is 24.3 Å². The zero-order valence-electron chi connectivity index (χ0n) is 13.7. The number of hydrogen-bond acceptors (Lipinski definition) is 3. The maximum Gasteiger partial charge on any atom is 0.266 e. The molecule has 0 unspecified atom stereocenters. The van der Waals surface area contributed by atoms with Crippen molar-refractivity contribution in [1.82, 2.24) is 10.4 Å². The van der Waals surface area contributed by atoms with Crippen LogP contribution in [0.5, 0.6) is 0 Å². The SMILES string of the molecule is CC(C)[C@H](C(=O)NO)N(C)C(=O)C1(c2ccc(Cl)cc2)CCC1. The van der Waals surface area contributed by atoms with Crippen molar-refractivity contribution in [2.24, 2.45) is 5.92 Å². The van der Waals surface area contributed by atoms with Crippen LogP contribution in [0.1, 0.15) is 38.7 Å². The van der Waals surface area contributed by atoms with E-state index >= 15 is 0 Å². The minimum absolute atomic E-state index is 0.0895. The Kier molecular flexibility index (Phi) is 5.32. The van der Waals surface area contributed by atoms with E-state index < -0.39 is 17.4 Å². The van der Waals surface area contributed by atoms with E-state index in [-0.39, 0.29) is 11.8 Å². The third kappa shape index (κ3) is 3.21. The quantitative estimate of drug-likeness (QED) is 0.640. The second-order valence-electron chi connectivity index (χ2n) is 6.52. The smallest absolute Gasteiger partial charge is 0.266 e. The molecule has 0 aromatic heterocycles. The lowest BCUT2D eigenvalue weighted by Gasteiger charge is -2.45. The van der Waals surface area contributed by atoms with E-state index in [9.17, 15) is 9.59 Å². The van der Waals surface area contributed by atoms with E-state index in [4.69, 9.17) is 16.8 Å². The maximum absolute atomic E-state index is 13.1. The molecule has 23 heavy (non-hydrogen) atoms. The summed E-state index contributed by atoms with van der Waals surface area (Å²) in [5.41, 5.74) is 2.00. The number of carbonyl (C=O) groups is 2. The standard InChI is InChI=1S/C17H23ClN2O3/c1-11(2)14(15(21)19-23)20(3)16(22)17(9-4-10-17)12-5-7-13(18)8-6-12/h5-8,11,14,23H,4,9-10H2,1-3H3,(H,19,21)/t14-/m1/s1. The van der Waals surface area contributed by atoms with Crippen LogP contribution in [0.4, 0.5) is 0 Å². The first-order valence-corrected chi connectivity index (χ1v) is 8.18. The van der Waals surface area contributed by atoms with E-state index in [0.29, 0.717) is 5.02 Å². The fourth-order valence-electron chi connectivity index (χ4n) is 3.38. The molecule has 1 atom stereocenters. The Labute approximate surface area is 141 Å². The van der Waals surface area contributed by atoms with Gasteiger partial charge in [0, 0.05) is 12.1 Å². The first-order chi connectivity index (χ1) is 10.8. The van der Waals surface area contributed by atoms with Crippen LogP contribution in [0.2, 0.25) is 5.02 Å². The van der Waals surface area contributed by atoms with Gasteiger partial charge in [-0.1, -0.05) is 44.0 Å². The molecule has 1 aromatic rings. The minimum Gasteiger partial charge on any atom is -0.333 e. The molecule has 0 saturated heterocycles. The van der Waals surface area contributed by atoms with Crippen LogP contribution >= 0.6 is 11.6 Å². The fraction of sp³-hybridized carbons (Fsp3) is 0.529. The lowest BCUT2D eigenvalue weighted by Crippen LogP contribution is -2.57. The first-order valence-electron chi connectivity index (χ1n) is 7.81. The largest absolute Gasteiger partial charge is 0.333 e. The third-order valence-corrected chi connectivity index (χ3v) is 5.01. The number of rotatable bonds is 5. The molecule has 2 rings (SSSR count). The van der Waals surface area contributed by atoms with Gasteiger partial charge in [-0.15, -0.1) is 0 Å². The monoisotopic (exact) mass is 338 g/mol. The highest BCUT2D eigenvalue weighted by Gasteiger charge is 2.49. The van der Waals surface area contributed by atoms with Crippen LogP contribution in [0.3, 0.4) is 0 Å². The summed E-state index contributed by atoms with van der Waals surface area (Å²) in [5, 5.41) is 9.58. The number of nitrogens with zero attached hydrogens (tertiary/aromatic N) is 1. The Morgan fingerprint density at radius 1 is 1.26 bits per heavy atom. The highest BCUT2D eigenvalue weighted by molar-refractivity contribution is 6.30. The van der Waals surface area contributed by atoms with Crippen molar-refractivity contribution in [3.63, 3.8) is 0 Å². The van der Waals surface area contributed by atoms with Gasteiger partial charge in [0.2, 0.25) is 5.91 Å². The Balaban J connectivity index is 2.32. The molecule has 0 bridgehead atoms. The zero-order chi connectivity index (χ0) is 17.2. The van der Waals surface area contributed by atoms with Crippen LogP contribution in [0.25, 0.3) is 0 Å². The lowest BCUT2D eigenvalue weighted by molar-refractivity contribution is -0.150. The van der Waals surface area contributed by atoms with Crippen LogP contribution < -0.4 is 5.48 Å². The summed E-state index contributed by atoms with van der Waals surface area (Å²) in [5.74, 6) is -0.770. The van der Waals surface area contributed by atoms with E-state index in [0.717, 1.165) is 24.8 Å². The number of halogens is 1. The average Bonchev–Trinajstić information content (AvgIpc) is 2.47. The van der Waals surface area contributed by atoms with Crippen molar-refractivity contribution in [1.29, 1.82) is 0 Å². The predicted octanol–water partition coefficient (Wildman–Crippen LogP) is 2.75. The van der Waals surface area contributed by atoms with Gasteiger partial charge in [0.1, 0.15) is 6.04 Å². The molecule has 2 amide bonds. The fourth-order valence-corrected chi connectivity index (χ4v) is 3.51. The topological polar surface area (TPSA) is 69.6 Å². The average molecular weight is 339 g/mol. The van der Waals surface area contributed by atoms with Crippen LogP contribution in [0, 0.1) is 5.92 Å². The van der Waals surface area contributed by atoms with Gasteiger partial charge in [0.25, 0.3) is 5.91 Å². The number of hydroxylamine groups is 1.